The van der Waals surface area contributed by atoms with E-state index in [-0.39, 0.29) is 16.7 Å². The van der Waals surface area contributed by atoms with E-state index in [0.717, 1.165) is 17.5 Å². The summed E-state index contributed by atoms with van der Waals surface area (Å²) in [6, 6.07) is 6.91. The number of halogens is 3. The number of nitrogens with one attached hydrogen (secondary N) is 2. The fraction of sp³-hybridized carbons (Fsp3) is 0.316. The molecule has 2 heterocycles. The van der Waals surface area contributed by atoms with Crippen molar-refractivity contribution in [1.82, 2.24) is 5.32 Å². The van der Waals surface area contributed by atoms with Gasteiger partial charge < -0.3 is 10.6 Å². The first-order chi connectivity index (χ1) is 11.9. The van der Waals surface area contributed by atoms with Crippen LogP contribution in [0.3, 0.4) is 0 Å². The lowest BCUT2D eigenvalue weighted by atomic mass is 9.67. The molecule has 0 bridgehead atoms. The van der Waals surface area contributed by atoms with E-state index < -0.39 is 17.3 Å². The van der Waals surface area contributed by atoms with E-state index in [1.807, 2.05) is 6.92 Å². The number of aryl methyl sites for hydroxylation is 1. The average molecular weight is 363 g/mol. The molecule has 1 spiro atoms. The third-order valence-corrected chi connectivity index (χ3v) is 5.63. The van der Waals surface area contributed by atoms with Crippen molar-refractivity contribution in [2.75, 3.05) is 11.9 Å². The highest BCUT2D eigenvalue weighted by atomic mass is 35.5. The number of benzene rings is 2. The van der Waals surface area contributed by atoms with Crippen LogP contribution < -0.4 is 10.6 Å². The summed E-state index contributed by atoms with van der Waals surface area (Å²) < 4.78 is 28.0. The van der Waals surface area contributed by atoms with Crippen LogP contribution in [0, 0.1) is 18.6 Å². The van der Waals surface area contributed by atoms with Crippen LogP contribution in [-0.4, -0.2) is 12.5 Å². The highest BCUT2D eigenvalue weighted by Gasteiger charge is 2.54. The molecule has 2 atom stereocenters. The van der Waals surface area contributed by atoms with Crippen molar-refractivity contribution in [3.05, 3.63) is 63.7 Å². The number of amides is 1. The van der Waals surface area contributed by atoms with Crippen LogP contribution in [0.15, 0.2) is 30.3 Å². The Morgan fingerprint density at radius 3 is 2.84 bits per heavy atom. The molecule has 25 heavy (non-hydrogen) atoms. The Morgan fingerprint density at radius 1 is 1.24 bits per heavy atom. The van der Waals surface area contributed by atoms with Crippen LogP contribution in [0.5, 0.6) is 0 Å². The normalized spacial score (nSPS) is 25.1. The van der Waals surface area contributed by atoms with Gasteiger partial charge in [0, 0.05) is 5.69 Å². The summed E-state index contributed by atoms with van der Waals surface area (Å²) in [4.78, 5) is 13.0. The number of fused-ring (bicyclic) bond motifs is 2. The minimum absolute atomic E-state index is 0.0293. The Kier molecular flexibility index (Phi) is 3.81. The molecule has 130 valence electrons. The molecule has 1 fully saturated rings. The number of anilines is 1. The molecule has 2 aliphatic rings. The largest absolute Gasteiger partial charge is 0.325 e. The monoisotopic (exact) mass is 362 g/mol. The second-order valence-electron chi connectivity index (χ2n) is 6.73. The van der Waals surface area contributed by atoms with Gasteiger partial charge in [0.1, 0.15) is 11.6 Å². The Morgan fingerprint density at radius 2 is 2.04 bits per heavy atom. The van der Waals surface area contributed by atoms with E-state index in [1.165, 1.54) is 24.3 Å². The first-order valence-electron chi connectivity index (χ1n) is 8.24. The van der Waals surface area contributed by atoms with Crippen molar-refractivity contribution in [3.8, 4) is 0 Å². The number of hydrogen-bond acceptors (Lipinski definition) is 2. The summed E-state index contributed by atoms with van der Waals surface area (Å²) in [5, 5.41) is 6.17. The lowest BCUT2D eigenvalue weighted by Gasteiger charge is -2.41. The minimum atomic E-state index is -0.975. The zero-order valence-corrected chi connectivity index (χ0v) is 14.4. The summed E-state index contributed by atoms with van der Waals surface area (Å²) in [5.41, 5.74) is 1.74. The molecule has 0 aromatic heterocycles. The van der Waals surface area contributed by atoms with Crippen molar-refractivity contribution in [2.24, 2.45) is 0 Å². The standard InChI is InChI=1S/C19H17ClF2N2O/c1-10-3-4-11(21)7-12(10)17-19(5-2-6-23-17)13-8-15(22)14(20)9-16(13)24-18(19)25/h3-4,7-9,17,23H,2,5-6H2,1H3,(H,24,25)/t17-,19-/m1/s1. The van der Waals surface area contributed by atoms with Crippen molar-refractivity contribution in [3.63, 3.8) is 0 Å². The van der Waals surface area contributed by atoms with Crippen LogP contribution in [0.1, 0.15) is 35.6 Å². The van der Waals surface area contributed by atoms with E-state index in [9.17, 15) is 13.6 Å². The summed E-state index contributed by atoms with van der Waals surface area (Å²) in [5.74, 6) is -1.12. The van der Waals surface area contributed by atoms with E-state index in [1.54, 1.807) is 6.07 Å². The van der Waals surface area contributed by atoms with E-state index in [4.69, 9.17) is 11.6 Å². The Balaban J connectivity index is 1.94. The van der Waals surface area contributed by atoms with Gasteiger partial charge in [-0.15, -0.1) is 0 Å². The molecule has 3 nitrogen and oxygen atoms in total. The van der Waals surface area contributed by atoms with Gasteiger partial charge in [-0.05, 0) is 67.3 Å². The van der Waals surface area contributed by atoms with E-state index in [0.29, 0.717) is 24.2 Å². The van der Waals surface area contributed by atoms with Crippen molar-refractivity contribution < 1.29 is 13.6 Å². The molecule has 2 aliphatic heterocycles. The molecular weight excluding hydrogens is 346 g/mol. The van der Waals surface area contributed by atoms with Gasteiger partial charge >= 0.3 is 0 Å². The predicted molar refractivity (Wildman–Crippen MR) is 92.8 cm³/mol. The molecule has 2 N–H and O–H groups in total. The first kappa shape index (κ1) is 16.5. The van der Waals surface area contributed by atoms with Gasteiger partial charge in [-0.1, -0.05) is 17.7 Å². The zero-order valence-electron chi connectivity index (χ0n) is 13.6. The maximum atomic E-state index is 14.2. The van der Waals surface area contributed by atoms with Gasteiger partial charge in [0.05, 0.1) is 16.5 Å². The van der Waals surface area contributed by atoms with Crippen LogP contribution in [0.4, 0.5) is 14.5 Å². The number of piperidine rings is 1. The van der Waals surface area contributed by atoms with Gasteiger partial charge in [0.15, 0.2) is 0 Å². The fourth-order valence-corrected chi connectivity index (χ4v) is 4.30. The van der Waals surface area contributed by atoms with Crippen LogP contribution in [-0.2, 0) is 10.2 Å². The smallest absolute Gasteiger partial charge is 0.237 e. The SMILES string of the molecule is Cc1ccc(F)cc1[C@H]1NCCC[C@]12C(=O)Nc1cc(Cl)c(F)cc12. The topological polar surface area (TPSA) is 41.1 Å². The first-order valence-corrected chi connectivity index (χ1v) is 8.61. The lowest BCUT2D eigenvalue weighted by Crippen LogP contribution is -2.50. The number of rotatable bonds is 1. The molecule has 4 rings (SSSR count). The molecule has 2 aromatic rings. The number of hydrogen-bond donors (Lipinski definition) is 2. The average Bonchev–Trinajstić information content (AvgIpc) is 2.83. The molecule has 0 aliphatic carbocycles. The Bertz CT molecular complexity index is 886. The Labute approximate surface area is 149 Å². The van der Waals surface area contributed by atoms with Crippen molar-refractivity contribution in [2.45, 2.75) is 31.2 Å². The molecule has 6 heteroatoms. The van der Waals surface area contributed by atoms with Crippen molar-refractivity contribution in [1.29, 1.82) is 0 Å². The van der Waals surface area contributed by atoms with E-state index >= 15 is 0 Å². The molecule has 1 amide bonds. The predicted octanol–water partition coefficient (Wildman–Crippen LogP) is 4.24. The highest BCUT2D eigenvalue weighted by molar-refractivity contribution is 6.31. The minimum Gasteiger partial charge on any atom is -0.325 e. The van der Waals surface area contributed by atoms with E-state index in [2.05, 4.69) is 10.6 Å². The molecule has 0 unspecified atom stereocenters. The van der Waals surface area contributed by atoms with Gasteiger partial charge in [0.25, 0.3) is 0 Å². The molecule has 1 saturated heterocycles. The Hall–Kier alpha value is -1.98. The summed E-state index contributed by atoms with van der Waals surface area (Å²) >= 11 is 5.88. The maximum Gasteiger partial charge on any atom is 0.237 e. The summed E-state index contributed by atoms with van der Waals surface area (Å²) in [7, 11) is 0. The second kappa shape index (κ2) is 5.78. The van der Waals surface area contributed by atoms with Gasteiger partial charge in [0.2, 0.25) is 5.91 Å². The molecule has 2 aromatic carbocycles. The molecular formula is C19H17ClF2N2O. The third-order valence-electron chi connectivity index (χ3n) is 5.34. The van der Waals surface area contributed by atoms with Crippen LogP contribution in [0.25, 0.3) is 0 Å². The zero-order chi connectivity index (χ0) is 17.8. The highest BCUT2D eigenvalue weighted by Crippen LogP contribution is 2.52. The van der Waals surface area contributed by atoms with Gasteiger partial charge in [-0.3, -0.25) is 4.79 Å². The molecule has 0 saturated carbocycles. The number of carbonyl (C=O) groups excluding carboxylic acids is 1. The lowest BCUT2D eigenvalue weighted by molar-refractivity contribution is -0.123. The fourth-order valence-electron chi connectivity index (χ4n) is 4.14. The van der Waals surface area contributed by atoms with Gasteiger partial charge in [-0.2, -0.15) is 0 Å². The van der Waals surface area contributed by atoms with Crippen LogP contribution in [0.2, 0.25) is 5.02 Å². The van der Waals surface area contributed by atoms with Gasteiger partial charge in [-0.25, -0.2) is 8.78 Å². The summed E-state index contributed by atoms with van der Waals surface area (Å²) in [6.45, 7) is 2.59. The molecule has 0 radical (unpaired) electrons. The quantitative estimate of drug-likeness (QED) is 0.796. The maximum absolute atomic E-state index is 14.2. The van der Waals surface area contributed by atoms with Crippen molar-refractivity contribution >= 4 is 23.2 Å². The number of carbonyl (C=O) groups is 1. The second-order valence-corrected chi connectivity index (χ2v) is 7.14. The summed E-state index contributed by atoms with van der Waals surface area (Å²) in [6.07, 6.45) is 1.32. The third kappa shape index (κ3) is 2.37. The van der Waals surface area contributed by atoms with Crippen LogP contribution >= 0.6 is 11.6 Å².